The van der Waals surface area contributed by atoms with Gasteiger partial charge < -0.3 is 15.8 Å². The number of methoxy groups -OCH3 is 1. The Morgan fingerprint density at radius 1 is 1.39 bits per heavy atom. The predicted octanol–water partition coefficient (Wildman–Crippen LogP) is 1.88. The van der Waals surface area contributed by atoms with Crippen LogP contribution in [-0.4, -0.2) is 25.7 Å². The van der Waals surface area contributed by atoms with Crippen LogP contribution in [0, 0.1) is 0 Å². The van der Waals surface area contributed by atoms with Gasteiger partial charge in [0.1, 0.15) is 5.75 Å². The van der Waals surface area contributed by atoms with Gasteiger partial charge in [-0.2, -0.15) is 0 Å². The molecule has 0 amide bonds. The highest BCUT2D eigenvalue weighted by atomic mass is 16.5. The number of rotatable bonds is 5. The van der Waals surface area contributed by atoms with Crippen LogP contribution >= 0.6 is 0 Å². The lowest BCUT2D eigenvalue weighted by Crippen LogP contribution is -2.55. The Labute approximate surface area is 110 Å². The number of ether oxygens (including phenoxy) is 1. The maximum absolute atomic E-state index is 6.01. The van der Waals surface area contributed by atoms with Crippen LogP contribution in [0.15, 0.2) is 18.2 Å². The third kappa shape index (κ3) is 2.68. The minimum atomic E-state index is 0.0787. The fourth-order valence-corrected chi connectivity index (χ4v) is 2.75. The summed E-state index contributed by atoms with van der Waals surface area (Å²) in [5, 5.41) is 3.65. The standard InChI is InChI=1S/C15H24N2O/c1-3-8-17-15(11-16)7-6-12-4-5-14(18-2)9-13(12)10-15/h4-5,9,17H,3,6-8,10-11,16H2,1-2H3. The molecule has 2 rings (SSSR count). The number of nitrogens with one attached hydrogen (secondary N) is 1. The molecule has 18 heavy (non-hydrogen) atoms. The normalized spacial score (nSPS) is 22.6. The summed E-state index contributed by atoms with van der Waals surface area (Å²) in [5.41, 5.74) is 8.92. The van der Waals surface area contributed by atoms with Crippen molar-refractivity contribution in [1.82, 2.24) is 5.32 Å². The molecule has 1 aliphatic carbocycles. The second-order valence-electron chi connectivity index (χ2n) is 5.22. The summed E-state index contributed by atoms with van der Waals surface area (Å²) in [6.07, 6.45) is 4.39. The Morgan fingerprint density at radius 2 is 2.22 bits per heavy atom. The van der Waals surface area contributed by atoms with Gasteiger partial charge in [0.05, 0.1) is 7.11 Å². The first-order chi connectivity index (χ1) is 8.73. The molecule has 1 atom stereocenters. The van der Waals surface area contributed by atoms with Crippen molar-refractivity contribution < 1.29 is 4.74 Å². The van der Waals surface area contributed by atoms with Crippen molar-refractivity contribution in [2.24, 2.45) is 5.73 Å². The van der Waals surface area contributed by atoms with Gasteiger partial charge in [0.25, 0.3) is 0 Å². The highest BCUT2D eigenvalue weighted by molar-refractivity contribution is 5.39. The molecule has 100 valence electrons. The number of hydrogen-bond acceptors (Lipinski definition) is 3. The van der Waals surface area contributed by atoms with Gasteiger partial charge in [-0.1, -0.05) is 13.0 Å². The zero-order valence-corrected chi connectivity index (χ0v) is 11.5. The van der Waals surface area contributed by atoms with Crippen LogP contribution in [0.4, 0.5) is 0 Å². The number of benzene rings is 1. The summed E-state index contributed by atoms with van der Waals surface area (Å²) < 4.78 is 5.31. The third-order valence-corrected chi connectivity index (χ3v) is 3.96. The summed E-state index contributed by atoms with van der Waals surface area (Å²) in [7, 11) is 1.72. The summed E-state index contributed by atoms with van der Waals surface area (Å²) in [6.45, 7) is 3.93. The molecule has 0 heterocycles. The molecular weight excluding hydrogens is 224 g/mol. The molecule has 0 fully saturated rings. The molecule has 3 heteroatoms. The molecule has 0 spiro atoms. The molecular formula is C15H24N2O. The molecule has 1 unspecified atom stereocenters. The largest absolute Gasteiger partial charge is 0.497 e. The van der Waals surface area contributed by atoms with Gasteiger partial charge in [0.15, 0.2) is 0 Å². The van der Waals surface area contributed by atoms with Gasteiger partial charge >= 0.3 is 0 Å². The second-order valence-corrected chi connectivity index (χ2v) is 5.22. The van der Waals surface area contributed by atoms with Crippen molar-refractivity contribution in [3.63, 3.8) is 0 Å². The van der Waals surface area contributed by atoms with Crippen molar-refractivity contribution in [2.45, 2.75) is 38.1 Å². The minimum Gasteiger partial charge on any atom is -0.497 e. The lowest BCUT2D eigenvalue weighted by molar-refractivity contribution is 0.294. The molecule has 3 N–H and O–H groups in total. The first-order valence-electron chi connectivity index (χ1n) is 6.84. The summed E-state index contributed by atoms with van der Waals surface area (Å²) >= 11 is 0. The number of fused-ring (bicyclic) bond motifs is 1. The van der Waals surface area contributed by atoms with Crippen molar-refractivity contribution in [3.05, 3.63) is 29.3 Å². The monoisotopic (exact) mass is 248 g/mol. The van der Waals surface area contributed by atoms with Crippen LogP contribution in [0.2, 0.25) is 0 Å². The molecule has 0 aliphatic heterocycles. The van der Waals surface area contributed by atoms with E-state index in [1.807, 2.05) is 6.07 Å². The van der Waals surface area contributed by atoms with E-state index in [2.05, 4.69) is 24.4 Å². The fourth-order valence-electron chi connectivity index (χ4n) is 2.75. The van der Waals surface area contributed by atoms with Gasteiger partial charge in [-0.05, 0) is 55.5 Å². The van der Waals surface area contributed by atoms with E-state index >= 15 is 0 Å². The lowest BCUT2D eigenvalue weighted by Gasteiger charge is -2.38. The highest BCUT2D eigenvalue weighted by Crippen LogP contribution is 2.30. The van der Waals surface area contributed by atoms with E-state index in [1.54, 1.807) is 7.11 Å². The van der Waals surface area contributed by atoms with E-state index in [1.165, 1.54) is 11.1 Å². The first-order valence-corrected chi connectivity index (χ1v) is 6.84. The molecule has 3 nitrogen and oxygen atoms in total. The second kappa shape index (κ2) is 5.72. The van der Waals surface area contributed by atoms with Gasteiger partial charge in [-0.15, -0.1) is 0 Å². The van der Waals surface area contributed by atoms with Crippen LogP contribution < -0.4 is 15.8 Å². The van der Waals surface area contributed by atoms with Gasteiger partial charge in [0.2, 0.25) is 0 Å². The van der Waals surface area contributed by atoms with Crippen molar-refractivity contribution in [1.29, 1.82) is 0 Å². The molecule has 1 aromatic carbocycles. The Kier molecular flexibility index (Phi) is 4.25. The van der Waals surface area contributed by atoms with Gasteiger partial charge in [-0.3, -0.25) is 0 Å². The Morgan fingerprint density at radius 3 is 2.89 bits per heavy atom. The van der Waals surface area contributed by atoms with E-state index in [-0.39, 0.29) is 5.54 Å². The molecule has 1 aliphatic rings. The molecule has 1 aromatic rings. The van der Waals surface area contributed by atoms with Crippen LogP contribution in [0.25, 0.3) is 0 Å². The fraction of sp³-hybridized carbons (Fsp3) is 0.600. The van der Waals surface area contributed by atoms with E-state index in [9.17, 15) is 0 Å². The van der Waals surface area contributed by atoms with E-state index in [0.717, 1.165) is 38.0 Å². The quantitative estimate of drug-likeness (QED) is 0.836. The Hall–Kier alpha value is -1.06. The van der Waals surface area contributed by atoms with E-state index < -0.39 is 0 Å². The Balaban J connectivity index is 2.20. The number of nitrogens with two attached hydrogens (primary N) is 1. The molecule has 0 aromatic heterocycles. The first kappa shape index (κ1) is 13.4. The zero-order valence-electron chi connectivity index (χ0n) is 11.5. The molecule has 0 bridgehead atoms. The minimum absolute atomic E-state index is 0.0787. The molecule has 0 saturated heterocycles. The maximum atomic E-state index is 6.01. The maximum Gasteiger partial charge on any atom is 0.119 e. The predicted molar refractivity (Wildman–Crippen MR) is 75.1 cm³/mol. The van der Waals surface area contributed by atoms with Crippen LogP contribution in [0.1, 0.15) is 30.9 Å². The van der Waals surface area contributed by atoms with Crippen LogP contribution in [0.5, 0.6) is 5.75 Å². The SMILES string of the molecule is CCCNC1(CN)CCc2ccc(OC)cc2C1. The van der Waals surface area contributed by atoms with E-state index in [4.69, 9.17) is 10.5 Å². The van der Waals surface area contributed by atoms with Gasteiger partial charge in [-0.25, -0.2) is 0 Å². The van der Waals surface area contributed by atoms with Crippen molar-refractivity contribution in [3.8, 4) is 5.75 Å². The summed E-state index contributed by atoms with van der Waals surface area (Å²) in [6, 6.07) is 6.40. The Bertz CT molecular complexity index is 405. The average Bonchev–Trinajstić information content (AvgIpc) is 2.44. The molecule has 0 saturated carbocycles. The smallest absolute Gasteiger partial charge is 0.119 e. The third-order valence-electron chi connectivity index (χ3n) is 3.96. The topological polar surface area (TPSA) is 47.3 Å². The average molecular weight is 248 g/mol. The van der Waals surface area contributed by atoms with Crippen LogP contribution in [0.3, 0.4) is 0 Å². The van der Waals surface area contributed by atoms with Crippen molar-refractivity contribution >= 4 is 0 Å². The summed E-state index contributed by atoms with van der Waals surface area (Å²) in [4.78, 5) is 0. The zero-order chi connectivity index (χ0) is 13.0. The van der Waals surface area contributed by atoms with Crippen molar-refractivity contribution in [2.75, 3.05) is 20.2 Å². The van der Waals surface area contributed by atoms with Gasteiger partial charge in [0, 0.05) is 12.1 Å². The number of hydrogen-bond donors (Lipinski definition) is 2. The lowest BCUT2D eigenvalue weighted by atomic mass is 9.77. The van der Waals surface area contributed by atoms with E-state index in [0.29, 0.717) is 6.54 Å². The molecule has 0 radical (unpaired) electrons. The van der Waals surface area contributed by atoms with Crippen LogP contribution in [-0.2, 0) is 12.8 Å². The number of aryl methyl sites for hydroxylation is 1. The summed E-state index contributed by atoms with van der Waals surface area (Å²) in [5.74, 6) is 0.942. The highest BCUT2D eigenvalue weighted by Gasteiger charge is 2.32.